The van der Waals surface area contributed by atoms with Crippen LogP contribution in [0.1, 0.15) is 17.3 Å². The number of Topliss-reactive ketones (excluding diaryl/α,β-unsaturated/α-hetero) is 1. The van der Waals surface area contributed by atoms with Crippen LogP contribution in [0.15, 0.2) is 34.9 Å². The van der Waals surface area contributed by atoms with E-state index >= 15 is 0 Å². The van der Waals surface area contributed by atoms with Gasteiger partial charge in [-0.05, 0) is 30.2 Å². The standard InChI is InChI=1S/C12H12ClNOS/c1-7-6-16-12(14)10(7)11(15)8-2-4-9(13)5-3-8/h2-5,7H,6,14H2,1H3. The van der Waals surface area contributed by atoms with Gasteiger partial charge in [0.15, 0.2) is 5.78 Å². The predicted octanol–water partition coefficient (Wildman–Crippen LogP) is 3.08. The second-order valence-corrected chi connectivity index (χ2v) is 5.32. The number of nitrogens with two attached hydrogens (primary N) is 1. The Morgan fingerprint density at radius 3 is 2.56 bits per heavy atom. The minimum Gasteiger partial charge on any atom is -0.393 e. The molecule has 0 saturated heterocycles. The van der Waals surface area contributed by atoms with Crippen molar-refractivity contribution < 1.29 is 4.79 Å². The Kier molecular flexibility index (Phi) is 3.26. The SMILES string of the molecule is CC1CSC(N)=C1C(=O)c1ccc(Cl)cc1. The summed E-state index contributed by atoms with van der Waals surface area (Å²) in [4.78, 5) is 12.2. The van der Waals surface area contributed by atoms with E-state index in [0.29, 0.717) is 15.6 Å². The first kappa shape index (κ1) is 11.6. The van der Waals surface area contributed by atoms with E-state index < -0.39 is 0 Å². The molecule has 16 heavy (non-hydrogen) atoms. The molecule has 1 heterocycles. The summed E-state index contributed by atoms with van der Waals surface area (Å²) >= 11 is 7.33. The number of allylic oxidation sites excluding steroid dienone is 1. The lowest BCUT2D eigenvalue weighted by atomic mass is 9.95. The van der Waals surface area contributed by atoms with Crippen molar-refractivity contribution >= 4 is 29.1 Å². The lowest BCUT2D eigenvalue weighted by molar-refractivity contribution is 0.102. The zero-order chi connectivity index (χ0) is 11.7. The molecule has 1 aromatic rings. The number of hydrogen-bond donors (Lipinski definition) is 1. The molecule has 0 spiro atoms. The highest BCUT2D eigenvalue weighted by Crippen LogP contribution is 2.34. The Morgan fingerprint density at radius 1 is 1.44 bits per heavy atom. The van der Waals surface area contributed by atoms with E-state index in [4.69, 9.17) is 17.3 Å². The molecule has 0 fully saturated rings. The zero-order valence-electron chi connectivity index (χ0n) is 8.87. The third kappa shape index (κ3) is 2.11. The molecule has 84 valence electrons. The lowest BCUT2D eigenvalue weighted by Crippen LogP contribution is -2.12. The fraction of sp³-hybridized carbons (Fsp3) is 0.250. The van der Waals surface area contributed by atoms with Crippen molar-refractivity contribution in [3.05, 3.63) is 45.5 Å². The van der Waals surface area contributed by atoms with Gasteiger partial charge in [-0.1, -0.05) is 18.5 Å². The average molecular weight is 254 g/mol. The Balaban J connectivity index is 2.32. The van der Waals surface area contributed by atoms with Crippen molar-refractivity contribution in [3.8, 4) is 0 Å². The van der Waals surface area contributed by atoms with Crippen LogP contribution in [0.5, 0.6) is 0 Å². The first-order chi connectivity index (χ1) is 7.59. The molecule has 1 aliphatic heterocycles. The summed E-state index contributed by atoms with van der Waals surface area (Å²) in [6.45, 7) is 2.02. The number of benzene rings is 1. The summed E-state index contributed by atoms with van der Waals surface area (Å²) in [7, 11) is 0. The van der Waals surface area contributed by atoms with Gasteiger partial charge in [-0.3, -0.25) is 4.79 Å². The van der Waals surface area contributed by atoms with Crippen molar-refractivity contribution in [3.63, 3.8) is 0 Å². The van der Waals surface area contributed by atoms with Crippen LogP contribution in [0.3, 0.4) is 0 Å². The Morgan fingerprint density at radius 2 is 2.06 bits per heavy atom. The molecule has 0 amide bonds. The average Bonchev–Trinajstić information content (AvgIpc) is 2.59. The van der Waals surface area contributed by atoms with Gasteiger partial charge < -0.3 is 5.73 Å². The van der Waals surface area contributed by atoms with E-state index in [1.54, 1.807) is 36.0 Å². The number of rotatable bonds is 2. The van der Waals surface area contributed by atoms with Gasteiger partial charge in [0.1, 0.15) is 0 Å². The molecule has 0 aromatic heterocycles. The number of carbonyl (C=O) groups excluding carboxylic acids is 1. The van der Waals surface area contributed by atoms with Crippen molar-refractivity contribution in [2.24, 2.45) is 11.7 Å². The van der Waals surface area contributed by atoms with E-state index in [1.807, 2.05) is 6.92 Å². The molecule has 1 aromatic carbocycles. The molecule has 2 rings (SSSR count). The maximum Gasteiger partial charge on any atom is 0.191 e. The fourth-order valence-electron chi connectivity index (χ4n) is 1.71. The van der Waals surface area contributed by atoms with Gasteiger partial charge in [0.2, 0.25) is 0 Å². The molecule has 2 nitrogen and oxygen atoms in total. The van der Waals surface area contributed by atoms with Crippen LogP contribution in [0.2, 0.25) is 5.02 Å². The molecule has 4 heteroatoms. The summed E-state index contributed by atoms with van der Waals surface area (Å²) in [6.07, 6.45) is 0. The summed E-state index contributed by atoms with van der Waals surface area (Å²) in [5.41, 5.74) is 7.23. The monoisotopic (exact) mass is 253 g/mol. The maximum atomic E-state index is 12.2. The van der Waals surface area contributed by atoms with E-state index in [2.05, 4.69) is 0 Å². The van der Waals surface area contributed by atoms with Gasteiger partial charge in [-0.25, -0.2) is 0 Å². The Bertz CT molecular complexity index is 453. The van der Waals surface area contributed by atoms with Gasteiger partial charge >= 0.3 is 0 Å². The highest BCUT2D eigenvalue weighted by atomic mass is 35.5. The summed E-state index contributed by atoms with van der Waals surface area (Å²) in [6, 6.07) is 6.91. The quantitative estimate of drug-likeness (QED) is 0.824. The van der Waals surface area contributed by atoms with Crippen molar-refractivity contribution in [1.82, 2.24) is 0 Å². The molecule has 0 bridgehead atoms. The highest BCUT2D eigenvalue weighted by Gasteiger charge is 2.27. The molecule has 2 N–H and O–H groups in total. The third-order valence-electron chi connectivity index (χ3n) is 2.60. The van der Waals surface area contributed by atoms with E-state index in [9.17, 15) is 4.79 Å². The maximum absolute atomic E-state index is 12.2. The van der Waals surface area contributed by atoms with E-state index in [-0.39, 0.29) is 11.7 Å². The fourth-order valence-corrected chi connectivity index (χ4v) is 2.88. The minimum atomic E-state index is 0.0201. The highest BCUT2D eigenvalue weighted by molar-refractivity contribution is 8.03. The number of halogens is 1. The first-order valence-electron chi connectivity index (χ1n) is 5.02. The molecule has 1 aliphatic rings. The van der Waals surface area contributed by atoms with Crippen LogP contribution in [0.25, 0.3) is 0 Å². The van der Waals surface area contributed by atoms with E-state index in [0.717, 1.165) is 11.3 Å². The molecule has 0 saturated carbocycles. The normalized spacial score (nSPS) is 20.2. The van der Waals surface area contributed by atoms with E-state index in [1.165, 1.54) is 0 Å². The van der Waals surface area contributed by atoms with Gasteiger partial charge in [-0.2, -0.15) is 0 Å². The van der Waals surface area contributed by atoms with Crippen molar-refractivity contribution in [2.45, 2.75) is 6.92 Å². The number of thioether (sulfide) groups is 1. The van der Waals surface area contributed by atoms with Crippen LogP contribution < -0.4 is 5.73 Å². The van der Waals surface area contributed by atoms with Gasteiger partial charge in [0.05, 0.1) is 5.03 Å². The first-order valence-corrected chi connectivity index (χ1v) is 6.38. The molecule has 0 aliphatic carbocycles. The molecular formula is C12H12ClNOS. The molecule has 1 atom stereocenters. The summed E-state index contributed by atoms with van der Waals surface area (Å²) < 4.78 is 0. The third-order valence-corrected chi connectivity index (χ3v) is 4.05. The minimum absolute atomic E-state index is 0.0201. The second kappa shape index (κ2) is 4.52. The molecule has 1 unspecified atom stereocenters. The summed E-state index contributed by atoms with van der Waals surface area (Å²) in [5, 5.41) is 1.29. The van der Waals surface area contributed by atoms with Gasteiger partial charge in [0.25, 0.3) is 0 Å². The van der Waals surface area contributed by atoms with Crippen molar-refractivity contribution in [1.29, 1.82) is 0 Å². The van der Waals surface area contributed by atoms with Crippen molar-refractivity contribution in [2.75, 3.05) is 5.75 Å². The van der Waals surface area contributed by atoms with Crippen LogP contribution >= 0.6 is 23.4 Å². The number of hydrogen-bond acceptors (Lipinski definition) is 3. The topological polar surface area (TPSA) is 43.1 Å². The Hall–Kier alpha value is -0.930. The van der Waals surface area contributed by atoms with Crippen LogP contribution in [0, 0.1) is 5.92 Å². The van der Waals surface area contributed by atoms with Gasteiger partial charge in [0, 0.05) is 21.9 Å². The summed E-state index contributed by atoms with van der Waals surface area (Å²) in [5.74, 6) is 1.14. The molecular weight excluding hydrogens is 242 g/mol. The number of ketones is 1. The smallest absolute Gasteiger partial charge is 0.191 e. The van der Waals surface area contributed by atoms with Crippen LogP contribution in [0.4, 0.5) is 0 Å². The van der Waals surface area contributed by atoms with Crippen LogP contribution in [-0.4, -0.2) is 11.5 Å². The lowest BCUT2D eigenvalue weighted by Gasteiger charge is -2.07. The largest absolute Gasteiger partial charge is 0.393 e. The predicted molar refractivity (Wildman–Crippen MR) is 68.6 cm³/mol. The zero-order valence-corrected chi connectivity index (χ0v) is 10.4. The van der Waals surface area contributed by atoms with Crippen LogP contribution in [-0.2, 0) is 0 Å². The Labute approximate surface area is 104 Å². The second-order valence-electron chi connectivity index (χ2n) is 3.83. The number of carbonyl (C=O) groups is 1. The molecule has 0 radical (unpaired) electrons. The van der Waals surface area contributed by atoms with Gasteiger partial charge in [-0.15, -0.1) is 11.8 Å².